The van der Waals surface area contributed by atoms with Crippen LogP contribution in [0.15, 0.2) is 12.3 Å². The highest BCUT2D eigenvalue weighted by atomic mass is 16.2. The summed E-state index contributed by atoms with van der Waals surface area (Å²) in [4.78, 5) is 30.2. The third-order valence-electron chi connectivity index (χ3n) is 3.84. The zero-order valence-electron chi connectivity index (χ0n) is 12.3. The maximum atomic E-state index is 12.7. The highest BCUT2D eigenvalue weighted by Crippen LogP contribution is 2.15. The van der Waals surface area contributed by atoms with Gasteiger partial charge in [0, 0.05) is 25.4 Å². The van der Waals surface area contributed by atoms with Crippen LogP contribution >= 0.6 is 0 Å². The summed E-state index contributed by atoms with van der Waals surface area (Å²) in [6.07, 6.45) is 1.56. The van der Waals surface area contributed by atoms with Crippen molar-refractivity contribution < 1.29 is 9.59 Å². The molecule has 0 radical (unpaired) electrons. The molecular weight excluding hydrogens is 270 g/mol. The quantitative estimate of drug-likeness (QED) is 0.818. The summed E-state index contributed by atoms with van der Waals surface area (Å²) < 4.78 is 1.66. The van der Waals surface area contributed by atoms with Gasteiger partial charge in [-0.2, -0.15) is 5.10 Å². The molecule has 0 bridgehead atoms. The Hall–Kier alpha value is -2.44. The maximum Gasteiger partial charge on any atom is 0.258 e. The molecule has 3 rings (SSSR count). The van der Waals surface area contributed by atoms with Crippen molar-refractivity contribution in [2.45, 2.75) is 26.8 Å². The normalized spacial score (nSPS) is 18.9. The predicted molar refractivity (Wildman–Crippen MR) is 76.0 cm³/mol. The van der Waals surface area contributed by atoms with Crippen LogP contribution in [0.3, 0.4) is 0 Å². The van der Waals surface area contributed by atoms with E-state index in [4.69, 9.17) is 0 Å². The van der Waals surface area contributed by atoms with E-state index < -0.39 is 6.04 Å². The van der Waals surface area contributed by atoms with Crippen LogP contribution in [0.1, 0.15) is 28.7 Å². The van der Waals surface area contributed by atoms with E-state index in [9.17, 15) is 9.59 Å². The number of hydrogen-bond donors (Lipinski definition) is 1. The van der Waals surface area contributed by atoms with Crippen LogP contribution in [-0.4, -0.2) is 50.4 Å². The average molecular weight is 287 g/mol. The summed E-state index contributed by atoms with van der Waals surface area (Å²) in [5.74, 6) is -0.311. The Morgan fingerprint density at radius 3 is 2.95 bits per heavy atom. The van der Waals surface area contributed by atoms with Gasteiger partial charge in [0.05, 0.1) is 17.0 Å². The fourth-order valence-corrected chi connectivity index (χ4v) is 2.59. The minimum absolute atomic E-state index is 0.128. The Morgan fingerprint density at radius 2 is 2.19 bits per heavy atom. The first kappa shape index (κ1) is 13.5. The van der Waals surface area contributed by atoms with Crippen LogP contribution in [0.4, 0.5) is 0 Å². The molecule has 7 nitrogen and oxygen atoms in total. The SMILES string of the molecule is Cc1cc2ncc(C(=O)N3CCNC(=O)C3C)c(C)n2n1. The van der Waals surface area contributed by atoms with Crippen molar-refractivity contribution >= 4 is 17.5 Å². The van der Waals surface area contributed by atoms with E-state index in [2.05, 4.69) is 15.4 Å². The van der Waals surface area contributed by atoms with E-state index in [1.54, 1.807) is 22.5 Å². The molecule has 1 fully saturated rings. The Morgan fingerprint density at radius 1 is 1.43 bits per heavy atom. The lowest BCUT2D eigenvalue weighted by Crippen LogP contribution is -2.56. The Bertz CT molecular complexity index is 736. The third kappa shape index (κ3) is 2.14. The number of carbonyl (C=O) groups is 2. The number of rotatable bonds is 1. The molecule has 110 valence electrons. The number of nitrogens with zero attached hydrogens (tertiary/aromatic N) is 4. The van der Waals surface area contributed by atoms with Crippen LogP contribution < -0.4 is 5.32 Å². The molecule has 7 heteroatoms. The number of amides is 2. The zero-order chi connectivity index (χ0) is 15.1. The van der Waals surface area contributed by atoms with Crippen molar-refractivity contribution in [3.63, 3.8) is 0 Å². The summed E-state index contributed by atoms with van der Waals surface area (Å²) in [5, 5.41) is 7.09. The second-order valence-electron chi connectivity index (χ2n) is 5.28. The molecule has 1 aliphatic rings. The number of piperazine rings is 1. The Labute approximate surface area is 122 Å². The van der Waals surface area contributed by atoms with Gasteiger partial charge >= 0.3 is 0 Å². The molecule has 1 N–H and O–H groups in total. The van der Waals surface area contributed by atoms with E-state index in [1.807, 2.05) is 19.9 Å². The van der Waals surface area contributed by atoms with Gasteiger partial charge in [-0.05, 0) is 20.8 Å². The first-order valence-electron chi connectivity index (χ1n) is 6.89. The van der Waals surface area contributed by atoms with E-state index in [0.29, 0.717) is 24.3 Å². The molecule has 0 aliphatic carbocycles. The molecule has 1 aliphatic heterocycles. The summed E-state index contributed by atoms with van der Waals surface area (Å²) in [7, 11) is 0. The second kappa shape index (κ2) is 4.83. The van der Waals surface area contributed by atoms with Crippen molar-refractivity contribution in [2.75, 3.05) is 13.1 Å². The van der Waals surface area contributed by atoms with E-state index >= 15 is 0 Å². The molecule has 0 spiro atoms. The zero-order valence-corrected chi connectivity index (χ0v) is 12.3. The first-order chi connectivity index (χ1) is 9.99. The molecule has 1 atom stereocenters. The van der Waals surface area contributed by atoms with Crippen LogP contribution in [0.25, 0.3) is 5.65 Å². The van der Waals surface area contributed by atoms with Crippen LogP contribution in [0.2, 0.25) is 0 Å². The lowest BCUT2D eigenvalue weighted by molar-refractivity contribution is -0.127. The fourth-order valence-electron chi connectivity index (χ4n) is 2.59. The molecule has 1 unspecified atom stereocenters. The number of hydrogen-bond acceptors (Lipinski definition) is 4. The van der Waals surface area contributed by atoms with Gasteiger partial charge in [0.25, 0.3) is 5.91 Å². The minimum Gasteiger partial charge on any atom is -0.353 e. The van der Waals surface area contributed by atoms with Crippen molar-refractivity contribution in [1.29, 1.82) is 0 Å². The smallest absolute Gasteiger partial charge is 0.258 e. The fraction of sp³-hybridized carbons (Fsp3) is 0.429. The molecule has 1 saturated heterocycles. The predicted octanol–water partition coefficient (Wildman–Crippen LogP) is 0.307. The first-order valence-corrected chi connectivity index (χ1v) is 6.89. The van der Waals surface area contributed by atoms with E-state index in [0.717, 1.165) is 11.4 Å². The standard InChI is InChI=1S/C14H17N5O2/c1-8-6-12-16-7-11(9(2)19(12)17-8)14(21)18-5-4-15-13(20)10(18)3/h6-7,10H,4-5H2,1-3H3,(H,15,20). The second-order valence-corrected chi connectivity index (χ2v) is 5.28. The molecule has 2 aromatic rings. The molecule has 2 amide bonds. The maximum absolute atomic E-state index is 12.7. The topological polar surface area (TPSA) is 79.6 Å². The van der Waals surface area contributed by atoms with Crippen molar-refractivity contribution in [2.24, 2.45) is 0 Å². The minimum atomic E-state index is -0.472. The van der Waals surface area contributed by atoms with Crippen LogP contribution in [0, 0.1) is 13.8 Å². The summed E-state index contributed by atoms with van der Waals surface area (Å²) >= 11 is 0. The van der Waals surface area contributed by atoms with Gasteiger partial charge in [-0.1, -0.05) is 0 Å². The van der Waals surface area contributed by atoms with Crippen molar-refractivity contribution in [1.82, 2.24) is 24.8 Å². The summed E-state index contributed by atoms with van der Waals surface area (Å²) in [6.45, 7) is 6.42. The van der Waals surface area contributed by atoms with Gasteiger partial charge in [-0.3, -0.25) is 9.59 Å². The van der Waals surface area contributed by atoms with Crippen LogP contribution in [-0.2, 0) is 4.79 Å². The monoisotopic (exact) mass is 287 g/mol. The van der Waals surface area contributed by atoms with Gasteiger partial charge in [-0.25, -0.2) is 9.50 Å². The molecule has 0 aromatic carbocycles. The molecule has 21 heavy (non-hydrogen) atoms. The lowest BCUT2D eigenvalue weighted by Gasteiger charge is -2.33. The van der Waals surface area contributed by atoms with Gasteiger partial charge in [0.2, 0.25) is 5.91 Å². The largest absolute Gasteiger partial charge is 0.353 e. The highest BCUT2D eigenvalue weighted by molar-refractivity contribution is 5.98. The number of aryl methyl sites for hydroxylation is 2. The van der Waals surface area contributed by atoms with Crippen LogP contribution in [0.5, 0.6) is 0 Å². The number of aromatic nitrogens is 3. The molecular formula is C14H17N5O2. The number of nitrogens with one attached hydrogen (secondary N) is 1. The van der Waals surface area contributed by atoms with E-state index in [1.165, 1.54) is 0 Å². The summed E-state index contributed by atoms with van der Waals surface area (Å²) in [6, 6.07) is 1.39. The van der Waals surface area contributed by atoms with Gasteiger partial charge in [0.1, 0.15) is 6.04 Å². The summed E-state index contributed by atoms with van der Waals surface area (Å²) in [5.41, 5.74) is 2.77. The lowest BCUT2D eigenvalue weighted by atomic mass is 10.1. The molecule has 2 aromatic heterocycles. The Balaban J connectivity index is 2.01. The molecule has 0 saturated carbocycles. The Kier molecular flexibility index (Phi) is 3.12. The average Bonchev–Trinajstić information content (AvgIpc) is 2.83. The highest BCUT2D eigenvalue weighted by Gasteiger charge is 2.31. The van der Waals surface area contributed by atoms with Gasteiger partial charge in [-0.15, -0.1) is 0 Å². The van der Waals surface area contributed by atoms with Crippen molar-refractivity contribution in [3.8, 4) is 0 Å². The van der Waals surface area contributed by atoms with Crippen molar-refractivity contribution in [3.05, 3.63) is 29.2 Å². The molecule has 3 heterocycles. The number of carbonyl (C=O) groups excluding carboxylic acids is 2. The third-order valence-corrected chi connectivity index (χ3v) is 3.84. The van der Waals surface area contributed by atoms with Gasteiger partial charge < -0.3 is 10.2 Å². The van der Waals surface area contributed by atoms with E-state index in [-0.39, 0.29) is 11.8 Å². The number of fused-ring (bicyclic) bond motifs is 1. The van der Waals surface area contributed by atoms with Gasteiger partial charge in [0.15, 0.2) is 5.65 Å².